The van der Waals surface area contributed by atoms with Crippen LogP contribution in [0.1, 0.15) is 36.5 Å². The van der Waals surface area contributed by atoms with E-state index in [1.54, 1.807) is 0 Å². The molecule has 2 aromatic carbocycles. The van der Waals surface area contributed by atoms with Crippen molar-refractivity contribution in [3.63, 3.8) is 0 Å². The molecule has 0 saturated heterocycles. The summed E-state index contributed by atoms with van der Waals surface area (Å²) in [7, 11) is 0. The highest BCUT2D eigenvalue weighted by atomic mass is 35.5. The summed E-state index contributed by atoms with van der Waals surface area (Å²) in [6.07, 6.45) is -0.0255. The van der Waals surface area contributed by atoms with Gasteiger partial charge in [0.1, 0.15) is 0 Å². The molecule has 4 heteroatoms. The number of carboxylic acids is 1. The average molecular weight is 342 g/mol. The van der Waals surface area contributed by atoms with Crippen molar-refractivity contribution in [2.75, 3.05) is 0 Å². The van der Waals surface area contributed by atoms with E-state index < -0.39 is 5.97 Å². The number of aliphatic carboxylic acids is 1. The Morgan fingerprint density at radius 3 is 2.42 bits per heavy atom. The summed E-state index contributed by atoms with van der Waals surface area (Å²) < 4.78 is 0. The molecule has 1 aromatic heterocycles. The highest BCUT2D eigenvalue weighted by Crippen LogP contribution is 2.35. The van der Waals surface area contributed by atoms with E-state index in [4.69, 9.17) is 11.6 Å². The number of H-pyrrole nitrogens is 1. The normalized spacial score (nSPS) is 11.4. The zero-order valence-corrected chi connectivity index (χ0v) is 14.7. The fraction of sp³-hybridized carbons (Fsp3) is 0.250. The van der Waals surface area contributed by atoms with Gasteiger partial charge in [-0.3, -0.25) is 4.79 Å². The minimum atomic E-state index is -0.844. The molecule has 0 atom stereocenters. The van der Waals surface area contributed by atoms with Crippen LogP contribution >= 0.6 is 11.6 Å². The minimum Gasteiger partial charge on any atom is -0.481 e. The van der Waals surface area contributed by atoms with Gasteiger partial charge in [0.2, 0.25) is 0 Å². The molecule has 0 bridgehead atoms. The van der Waals surface area contributed by atoms with Crippen molar-refractivity contribution < 1.29 is 9.90 Å². The first-order valence-electron chi connectivity index (χ1n) is 8.00. The lowest BCUT2D eigenvalue weighted by Gasteiger charge is -2.07. The van der Waals surface area contributed by atoms with Crippen LogP contribution in [0.2, 0.25) is 5.02 Å². The molecule has 0 aliphatic carbocycles. The lowest BCUT2D eigenvalue weighted by Crippen LogP contribution is -2.01. The van der Waals surface area contributed by atoms with Crippen LogP contribution < -0.4 is 0 Å². The quantitative estimate of drug-likeness (QED) is 0.653. The molecule has 2 N–H and O–H groups in total. The summed E-state index contributed by atoms with van der Waals surface area (Å²) in [5.74, 6) is -0.384. The van der Waals surface area contributed by atoms with Crippen molar-refractivity contribution in [2.45, 2.75) is 33.1 Å². The number of hydrogen-bond acceptors (Lipinski definition) is 1. The van der Waals surface area contributed by atoms with Gasteiger partial charge >= 0.3 is 5.97 Å². The Kier molecular flexibility index (Phi) is 4.37. The van der Waals surface area contributed by atoms with E-state index in [1.807, 2.05) is 31.2 Å². The average Bonchev–Trinajstić information content (AvgIpc) is 2.89. The van der Waals surface area contributed by atoms with E-state index in [1.165, 1.54) is 5.56 Å². The van der Waals surface area contributed by atoms with Crippen molar-refractivity contribution >= 4 is 28.5 Å². The van der Waals surface area contributed by atoms with E-state index in [0.29, 0.717) is 10.9 Å². The number of hydrogen-bond donors (Lipinski definition) is 2. The van der Waals surface area contributed by atoms with Gasteiger partial charge in [0.25, 0.3) is 0 Å². The number of benzene rings is 2. The number of carboxylic acid groups (broad SMARTS) is 1. The maximum atomic E-state index is 11.3. The summed E-state index contributed by atoms with van der Waals surface area (Å²) in [5, 5.41) is 10.9. The lowest BCUT2D eigenvalue weighted by atomic mass is 9.98. The van der Waals surface area contributed by atoms with E-state index in [9.17, 15) is 9.90 Å². The van der Waals surface area contributed by atoms with Crippen molar-refractivity contribution in [3.05, 3.63) is 58.1 Å². The topological polar surface area (TPSA) is 53.1 Å². The van der Waals surface area contributed by atoms with Crippen molar-refractivity contribution in [1.82, 2.24) is 4.98 Å². The van der Waals surface area contributed by atoms with Crippen LogP contribution in [0.15, 0.2) is 36.4 Å². The zero-order valence-electron chi connectivity index (χ0n) is 14.0. The second kappa shape index (κ2) is 6.33. The molecular formula is C20H20ClNO2. The van der Waals surface area contributed by atoms with Crippen molar-refractivity contribution in [3.8, 4) is 11.3 Å². The van der Waals surface area contributed by atoms with E-state index in [-0.39, 0.29) is 6.42 Å². The summed E-state index contributed by atoms with van der Waals surface area (Å²) in [4.78, 5) is 14.7. The number of halogens is 1. The van der Waals surface area contributed by atoms with Crippen LogP contribution in [-0.2, 0) is 11.2 Å². The first-order valence-corrected chi connectivity index (χ1v) is 8.38. The minimum absolute atomic E-state index is 0.0255. The Bertz CT molecular complexity index is 908. The van der Waals surface area contributed by atoms with Gasteiger partial charge in [0, 0.05) is 10.4 Å². The Hall–Kier alpha value is -2.26. The van der Waals surface area contributed by atoms with Crippen LogP contribution in [0.5, 0.6) is 0 Å². The van der Waals surface area contributed by atoms with Crippen LogP contribution in [-0.4, -0.2) is 16.1 Å². The first kappa shape index (κ1) is 16.6. The fourth-order valence-electron chi connectivity index (χ4n) is 3.05. The van der Waals surface area contributed by atoms with Crippen LogP contribution in [0, 0.1) is 6.92 Å². The second-order valence-corrected chi connectivity index (χ2v) is 6.83. The molecule has 0 aliphatic rings. The SMILES string of the molecule is Cc1c(Cl)ccc2c(CC(=O)O)c(-c3ccc(C(C)C)cc3)[nH]c12. The summed E-state index contributed by atoms with van der Waals surface area (Å²) in [5.41, 5.74) is 5.74. The summed E-state index contributed by atoms with van der Waals surface area (Å²) in [6, 6.07) is 12.0. The standard InChI is InChI=1S/C20H20ClNO2/c1-11(2)13-4-6-14(7-5-13)20-16(10-18(23)24)15-8-9-17(21)12(3)19(15)22-20/h4-9,11,22H,10H2,1-3H3,(H,23,24). The predicted octanol–water partition coefficient (Wildman–Crippen LogP) is 5.55. The molecule has 0 fully saturated rings. The highest BCUT2D eigenvalue weighted by molar-refractivity contribution is 6.32. The largest absolute Gasteiger partial charge is 0.481 e. The molecule has 0 unspecified atom stereocenters. The summed E-state index contributed by atoms with van der Waals surface area (Å²) in [6.45, 7) is 6.25. The van der Waals surface area contributed by atoms with Gasteiger partial charge in [-0.25, -0.2) is 0 Å². The molecule has 3 nitrogen and oxygen atoms in total. The van der Waals surface area contributed by atoms with E-state index in [0.717, 1.165) is 33.3 Å². The molecule has 3 aromatic rings. The van der Waals surface area contributed by atoms with Crippen LogP contribution in [0.25, 0.3) is 22.2 Å². The highest BCUT2D eigenvalue weighted by Gasteiger charge is 2.18. The Morgan fingerprint density at radius 1 is 1.17 bits per heavy atom. The smallest absolute Gasteiger partial charge is 0.307 e. The molecule has 1 heterocycles. The number of aromatic amines is 1. The molecule has 3 rings (SSSR count). The number of carbonyl (C=O) groups is 1. The van der Waals surface area contributed by atoms with Crippen molar-refractivity contribution in [2.24, 2.45) is 0 Å². The number of aryl methyl sites for hydroxylation is 1. The van der Waals surface area contributed by atoms with Gasteiger partial charge in [-0.15, -0.1) is 0 Å². The van der Waals surface area contributed by atoms with E-state index >= 15 is 0 Å². The van der Waals surface area contributed by atoms with Crippen LogP contribution in [0.4, 0.5) is 0 Å². The number of nitrogens with one attached hydrogen (secondary N) is 1. The molecule has 24 heavy (non-hydrogen) atoms. The molecular weight excluding hydrogens is 322 g/mol. The zero-order chi connectivity index (χ0) is 17.4. The van der Waals surface area contributed by atoms with E-state index in [2.05, 4.69) is 31.0 Å². The predicted molar refractivity (Wildman–Crippen MR) is 98.9 cm³/mol. The van der Waals surface area contributed by atoms with Gasteiger partial charge in [-0.05, 0) is 41.2 Å². The van der Waals surface area contributed by atoms with Crippen LogP contribution in [0.3, 0.4) is 0 Å². The molecule has 124 valence electrons. The number of fused-ring (bicyclic) bond motifs is 1. The first-order chi connectivity index (χ1) is 11.4. The third kappa shape index (κ3) is 2.92. The molecule has 0 saturated carbocycles. The van der Waals surface area contributed by atoms with Gasteiger partial charge in [0.05, 0.1) is 17.6 Å². The molecule has 0 spiro atoms. The Morgan fingerprint density at radius 2 is 1.83 bits per heavy atom. The second-order valence-electron chi connectivity index (χ2n) is 6.42. The summed E-state index contributed by atoms with van der Waals surface area (Å²) >= 11 is 6.22. The monoisotopic (exact) mass is 341 g/mol. The maximum Gasteiger partial charge on any atom is 0.307 e. The van der Waals surface area contributed by atoms with Crippen molar-refractivity contribution in [1.29, 1.82) is 0 Å². The fourth-order valence-corrected chi connectivity index (χ4v) is 3.21. The Labute approximate surface area is 146 Å². The third-order valence-corrected chi connectivity index (χ3v) is 4.88. The third-order valence-electron chi connectivity index (χ3n) is 4.47. The molecule has 0 amide bonds. The maximum absolute atomic E-state index is 11.3. The Balaban J connectivity index is 2.22. The van der Waals surface area contributed by atoms with Gasteiger partial charge in [-0.2, -0.15) is 0 Å². The molecule has 0 aliphatic heterocycles. The van der Waals surface area contributed by atoms with Gasteiger partial charge in [-0.1, -0.05) is 55.8 Å². The molecule has 0 radical (unpaired) electrons. The lowest BCUT2D eigenvalue weighted by molar-refractivity contribution is -0.136. The van der Waals surface area contributed by atoms with Gasteiger partial charge < -0.3 is 10.1 Å². The number of aromatic nitrogens is 1. The van der Waals surface area contributed by atoms with Gasteiger partial charge in [0.15, 0.2) is 0 Å². The number of rotatable bonds is 4.